The highest BCUT2D eigenvalue weighted by molar-refractivity contribution is 7.89. The van der Waals surface area contributed by atoms with E-state index < -0.39 is 10.0 Å². The number of hydrogen-bond donors (Lipinski definition) is 2. The second kappa shape index (κ2) is 6.43. The number of fused-ring (bicyclic) bond motifs is 1. The van der Waals surface area contributed by atoms with E-state index in [2.05, 4.69) is 10.3 Å². The molecule has 0 saturated carbocycles. The van der Waals surface area contributed by atoms with Gasteiger partial charge in [0.2, 0.25) is 15.9 Å². The van der Waals surface area contributed by atoms with Crippen LogP contribution in [0.1, 0.15) is 16.3 Å². The molecule has 0 spiro atoms. The number of imidazole rings is 1. The summed E-state index contributed by atoms with van der Waals surface area (Å²) in [5.74, 6) is -0.329. The maximum Gasteiger partial charge on any atom is 0.248 e. The molecule has 7 nitrogen and oxygen atoms in total. The number of carbonyl (C=O) groups is 1. The van der Waals surface area contributed by atoms with Crippen LogP contribution in [0.3, 0.4) is 0 Å². The van der Waals surface area contributed by atoms with Crippen molar-refractivity contribution < 1.29 is 13.2 Å². The summed E-state index contributed by atoms with van der Waals surface area (Å²) in [6, 6.07) is 5.65. The van der Waals surface area contributed by atoms with Gasteiger partial charge in [-0.15, -0.1) is 11.3 Å². The summed E-state index contributed by atoms with van der Waals surface area (Å²) in [5.41, 5.74) is 2.16. The average Bonchev–Trinajstić information content (AvgIpc) is 3.00. The molecule has 2 aromatic heterocycles. The maximum absolute atomic E-state index is 12.1. The number of primary sulfonamides is 1. The number of amides is 1. The number of anilines is 1. The normalized spacial score (nSPS) is 12.1. The first-order valence-corrected chi connectivity index (χ1v) is 9.67. The lowest BCUT2D eigenvalue weighted by Gasteiger charge is -2.03. The van der Waals surface area contributed by atoms with Gasteiger partial charge in [-0.25, -0.2) is 18.5 Å². The van der Waals surface area contributed by atoms with Crippen LogP contribution in [-0.4, -0.2) is 23.7 Å². The first kappa shape index (κ1) is 17.3. The van der Waals surface area contributed by atoms with Crippen molar-refractivity contribution in [3.05, 3.63) is 52.8 Å². The molecule has 0 aliphatic rings. The van der Waals surface area contributed by atoms with Crippen molar-refractivity contribution >= 4 is 44.0 Å². The van der Waals surface area contributed by atoms with Crippen LogP contribution in [0, 0.1) is 13.8 Å². The SMILES string of the molecule is Cc1cn2c(C=CC(=O)Nc3ccc(S(N)(=O)=O)cc3)c(C)nc2s1. The Bertz CT molecular complexity index is 1080. The molecule has 3 N–H and O–H groups in total. The molecule has 0 saturated heterocycles. The number of aromatic nitrogens is 2. The van der Waals surface area contributed by atoms with Crippen LogP contribution in [0.25, 0.3) is 11.0 Å². The topological polar surface area (TPSA) is 107 Å². The van der Waals surface area contributed by atoms with E-state index in [0.717, 1.165) is 21.2 Å². The van der Waals surface area contributed by atoms with E-state index in [9.17, 15) is 13.2 Å². The van der Waals surface area contributed by atoms with Crippen molar-refractivity contribution in [1.82, 2.24) is 9.38 Å². The molecular weight excluding hydrogens is 360 g/mol. The molecule has 3 rings (SSSR count). The van der Waals surface area contributed by atoms with Crippen LogP contribution in [0.5, 0.6) is 0 Å². The molecule has 0 bridgehead atoms. The van der Waals surface area contributed by atoms with Crippen molar-refractivity contribution in [2.24, 2.45) is 5.14 Å². The van der Waals surface area contributed by atoms with Crippen molar-refractivity contribution in [2.75, 3.05) is 5.32 Å². The number of aryl methyl sites for hydroxylation is 2. The highest BCUT2D eigenvalue weighted by atomic mass is 32.2. The number of nitrogens with zero attached hydrogens (tertiary/aromatic N) is 2. The van der Waals surface area contributed by atoms with Gasteiger partial charge in [-0.05, 0) is 44.2 Å². The molecule has 0 unspecified atom stereocenters. The Morgan fingerprint density at radius 2 is 1.96 bits per heavy atom. The zero-order valence-corrected chi connectivity index (χ0v) is 15.2. The molecule has 0 radical (unpaired) electrons. The molecule has 1 aromatic carbocycles. The number of hydrogen-bond acceptors (Lipinski definition) is 5. The highest BCUT2D eigenvalue weighted by Crippen LogP contribution is 2.21. The fourth-order valence-electron chi connectivity index (χ4n) is 2.35. The largest absolute Gasteiger partial charge is 0.323 e. The van der Waals surface area contributed by atoms with E-state index in [-0.39, 0.29) is 10.8 Å². The van der Waals surface area contributed by atoms with Crippen molar-refractivity contribution in [2.45, 2.75) is 18.7 Å². The van der Waals surface area contributed by atoms with E-state index >= 15 is 0 Å². The zero-order valence-electron chi connectivity index (χ0n) is 13.6. The van der Waals surface area contributed by atoms with Gasteiger partial charge < -0.3 is 5.32 Å². The fourth-order valence-corrected chi connectivity index (χ4v) is 3.74. The molecule has 0 atom stereocenters. The quantitative estimate of drug-likeness (QED) is 0.681. The summed E-state index contributed by atoms with van der Waals surface area (Å²) in [7, 11) is -3.75. The number of nitrogens with two attached hydrogens (primary N) is 1. The Kier molecular flexibility index (Phi) is 4.46. The minimum atomic E-state index is -3.75. The summed E-state index contributed by atoms with van der Waals surface area (Å²) in [4.78, 5) is 18.5. The van der Waals surface area contributed by atoms with Gasteiger partial charge >= 0.3 is 0 Å². The van der Waals surface area contributed by atoms with Gasteiger partial charge in [0.05, 0.1) is 16.3 Å². The van der Waals surface area contributed by atoms with Crippen LogP contribution in [0.2, 0.25) is 0 Å². The van der Waals surface area contributed by atoms with Crippen molar-refractivity contribution in [3.63, 3.8) is 0 Å². The van der Waals surface area contributed by atoms with Gasteiger partial charge in [0, 0.05) is 22.8 Å². The average molecular weight is 376 g/mol. The Morgan fingerprint density at radius 1 is 1.28 bits per heavy atom. The summed E-state index contributed by atoms with van der Waals surface area (Å²) in [6.07, 6.45) is 5.09. The third-order valence-corrected chi connectivity index (χ3v) is 5.33. The lowest BCUT2D eigenvalue weighted by atomic mass is 10.3. The molecule has 0 aliphatic carbocycles. The van der Waals surface area contributed by atoms with Gasteiger partial charge in [-0.3, -0.25) is 9.20 Å². The predicted octanol–water partition coefficient (Wildman–Crippen LogP) is 2.31. The zero-order chi connectivity index (χ0) is 18.2. The van der Waals surface area contributed by atoms with E-state index in [1.165, 1.54) is 30.3 Å². The number of nitrogens with one attached hydrogen (secondary N) is 1. The third kappa shape index (κ3) is 3.78. The van der Waals surface area contributed by atoms with Crippen LogP contribution in [0.15, 0.2) is 41.4 Å². The standard InChI is InChI=1S/C16H16N4O3S2/c1-10-9-20-14(11(2)18-16(20)24-10)7-8-15(21)19-12-3-5-13(6-4-12)25(17,22)23/h3-9H,1-2H3,(H,19,21)(H2,17,22,23). The number of carbonyl (C=O) groups excluding carboxylic acids is 1. The van der Waals surface area contributed by atoms with Gasteiger partial charge in [-0.2, -0.15) is 0 Å². The van der Waals surface area contributed by atoms with E-state index in [1.807, 2.05) is 24.4 Å². The molecule has 130 valence electrons. The van der Waals surface area contributed by atoms with Crippen LogP contribution >= 0.6 is 11.3 Å². The summed E-state index contributed by atoms with van der Waals surface area (Å²) < 4.78 is 24.4. The second-order valence-electron chi connectivity index (χ2n) is 5.47. The number of benzene rings is 1. The highest BCUT2D eigenvalue weighted by Gasteiger charge is 2.10. The molecule has 2 heterocycles. The minimum absolute atomic E-state index is 0.00820. The van der Waals surface area contributed by atoms with Gasteiger partial charge in [0.1, 0.15) is 0 Å². The Labute approximate surface area is 148 Å². The number of thiazole rings is 1. The summed E-state index contributed by atoms with van der Waals surface area (Å²) in [5, 5.41) is 7.70. The first-order chi connectivity index (χ1) is 11.7. The maximum atomic E-state index is 12.1. The Morgan fingerprint density at radius 3 is 2.60 bits per heavy atom. The molecule has 0 fully saturated rings. The Balaban J connectivity index is 1.75. The van der Waals surface area contributed by atoms with Crippen LogP contribution in [-0.2, 0) is 14.8 Å². The molecule has 3 aromatic rings. The molecular formula is C16H16N4O3S2. The Hall–Kier alpha value is -2.49. The van der Waals surface area contributed by atoms with E-state index in [0.29, 0.717) is 5.69 Å². The lowest BCUT2D eigenvalue weighted by molar-refractivity contribution is -0.111. The first-order valence-electron chi connectivity index (χ1n) is 7.31. The number of rotatable bonds is 4. The fraction of sp³-hybridized carbons (Fsp3) is 0.125. The monoisotopic (exact) mass is 376 g/mol. The summed E-state index contributed by atoms with van der Waals surface area (Å²) >= 11 is 1.59. The molecule has 25 heavy (non-hydrogen) atoms. The van der Waals surface area contributed by atoms with E-state index in [1.54, 1.807) is 17.4 Å². The smallest absolute Gasteiger partial charge is 0.248 e. The second-order valence-corrected chi connectivity index (χ2v) is 8.24. The lowest BCUT2D eigenvalue weighted by Crippen LogP contribution is -2.12. The van der Waals surface area contributed by atoms with Gasteiger partial charge in [0.25, 0.3) is 0 Å². The van der Waals surface area contributed by atoms with Crippen LogP contribution in [0.4, 0.5) is 5.69 Å². The molecule has 1 amide bonds. The molecule has 0 aliphatic heterocycles. The predicted molar refractivity (Wildman–Crippen MR) is 98.0 cm³/mol. The van der Waals surface area contributed by atoms with Gasteiger partial charge in [0.15, 0.2) is 4.96 Å². The summed E-state index contributed by atoms with van der Waals surface area (Å²) in [6.45, 7) is 3.89. The minimum Gasteiger partial charge on any atom is -0.323 e. The van der Waals surface area contributed by atoms with E-state index in [4.69, 9.17) is 5.14 Å². The van der Waals surface area contributed by atoms with Gasteiger partial charge in [-0.1, -0.05) is 0 Å². The van der Waals surface area contributed by atoms with Crippen molar-refractivity contribution in [3.8, 4) is 0 Å². The number of sulfonamides is 1. The molecule has 9 heteroatoms. The third-order valence-electron chi connectivity index (χ3n) is 3.51. The van der Waals surface area contributed by atoms with Crippen LogP contribution < -0.4 is 10.5 Å². The van der Waals surface area contributed by atoms with Crippen molar-refractivity contribution in [1.29, 1.82) is 0 Å².